The topological polar surface area (TPSA) is 12.5 Å². The lowest BCUT2D eigenvalue weighted by atomic mass is 10.2. The molecular formula is C5H10NO. The lowest BCUT2D eigenvalue weighted by molar-refractivity contribution is 0.0172. The molecule has 1 radical (unpaired) electrons. The van der Waals surface area contributed by atoms with Crippen LogP contribution in [0, 0.1) is 6.04 Å². The molecule has 1 saturated heterocycles. The zero-order valence-electron chi connectivity index (χ0n) is 4.77. The molecule has 0 aliphatic carbocycles. The van der Waals surface area contributed by atoms with Gasteiger partial charge in [-0.05, 0) is 14.1 Å². The molecule has 0 unspecified atom stereocenters. The minimum atomic E-state index is 0.840. The Morgan fingerprint density at radius 3 is 2.00 bits per heavy atom. The van der Waals surface area contributed by atoms with E-state index in [0.29, 0.717) is 0 Å². The van der Waals surface area contributed by atoms with Crippen LogP contribution in [0.4, 0.5) is 0 Å². The number of likely N-dealkylation sites (N-methyl/N-ethyl adjacent to an activating group) is 1. The molecule has 0 aromatic rings. The van der Waals surface area contributed by atoms with Gasteiger partial charge in [0.25, 0.3) is 0 Å². The molecule has 7 heavy (non-hydrogen) atoms. The van der Waals surface area contributed by atoms with E-state index < -0.39 is 0 Å². The van der Waals surface area contributed by atoms with E-state index in [4.69, 9.17) is 4.74 Å². The molecule has 2 heteroatoms. The highest BCUT2D eigenvalue weighted by molar-refractivity contribution is 4.92. The normalized spacial score (nSPS) is 22.7. The van der Waals surface area contributed by atoms with Crippen molar-refractivity contribution in [2.75, 3.05) is 27.3 Å². The third kappa shape index (κ3) is 0.924. The predicted octanol–water partition coefficient (Wildman–Crippen LogP) is 0.110. The first-order valence-corrected chi connectivity index (χ1v) is 2.40. The summed E-state index contributed by atoms with van der Waals surface area (Å²) in [5.41, 5.74) is 0. The van der Waals surface area contributed by atoms with Gasteiger partial charge in [0.15, 0.2) is 0 Å². The minimum Gasteiger partial charge on any atom is -0.377 e. The lowest BCUT2D eigenvalue weighted by Gasteiger charge is -2.30. The van der Waals surface area contributed by atoms with E-state index in [1.54, 1.807) is 0 Å². The van der Waals surface area contributed by atoms with Crippen LogP contribution >= 0.6 is 0 Å². The Labute approximate surface area is 44.1 Å². The maximum Gasteiger partial charge on any atom is 0.0904 e. The quantitative estimate of drug-likeness (QED) is 0.463. The Morgan fingerprint density at radius 1 is 1.43 bits per heavy atom. The fourth-order valence-electron chi connectivity index (χ4n) is 0.452. The summed E-state index contributed by atoms with van der Waals surface area (Å²) in [4.78, 5) is 2.10. The van der Waals surface area contributed by atoms with Gasteiger partial charge in [0.2, 0.25) is 0 Å². The summed E-state index contributed by atoms with van der Waals surface area (Å²) in [6.45, 7) is 1.68. The van der Waals surface area contributed by atoms with E-state index in [1.165, 1.54) is 6.04 Å². The van der Waals surface area contributed by atoms with Crippen LogP contribution in [0.5, 0.6) is 0 Å². The van der Waals surface area contributed by atoms with E-state index in [-0.39, 0.29) is 0 Å². The maximum atomic E-state index is 4.92. The van der Waals surface area contributed by atoms with Gasteiger partial charge in [-0.3, -0.25) is 4.90 Å². The third-order valence-corrected chi connectivity index (χ3v) is 1.17. The van der Waals surface area contributed by atoms with Crippen LogP contribution in [0.15, 0.2) is 0 Å². The number of ether oxygens (including phenoxy) is 1. The van der Waals surface area contributed by atoms with Crippen molar-refractivity contribution in [1.82, 2.24) is 4.90 Å². The molecule has 1 rings (SSSR count). The smallest absolute Gasteiger partial charge is 0.0904 e. The van der Waals surface area contributed by atoms with Crippen LogP contribution in [-0.4, -0.2) is 32.2 Å². The minimum absolute atomic E-state index is 0.840. The van der Waals surface area contributed by atoms with Crippen molar-refractivity contribution in [1.29, 1.82) is 0 Å². The van der Waals surface area contributed by atoms with Crippen molar-refractivity contribution in [3.63, 3.8) is 0 Å². The van der Waals surface area contributed by atoms with Crippen LogP contribution in [-0.2, 0) is 4.74 Å². The first kappa shape index (κ1) is 5.06. The van der Waals surface area contributed by atoms with Gasteiger partial charge in [0, 0.05) is 0 Å². The second-order valence-electron chi connectivity index (χ2n) is 1.95. The van der Waals surface area contributed by atoms with E-state index in [9.17, 15) is 0 Å². The van der Waals surface area contributed by atoms with Crippen LogP contribution < -0.4 is 0 Å². The number of rotatable bonds is 1. The summed E-state index contributed by atoms with van der Waals surface area (Å²) in [6.07, 6.45) is 0. The molecule has 0 bridgehead atoms. The highest BCUT2D eigenvalue weighted by atomic mass is 16.5. The standard InChI is InChI=1S/C5H10NO/c1-6(2)5-3-7-4-5/h3-4H2,1-2H3. The highest BCUT2D eigenvalue weighted by Crippen LogP contribution is 2.13. The van der Waals surface area contributed by atoms with Crippen molar-refractivity contribution in [2.45, 2.75) is 0 Å². The summed E-state index contributed by atoms with van der Waals surface area (Å²) in [6, 6.07) is 1.39. The summed E-state index contributed by atoms with van der Waals surface area (Å²) in [7, 11) is 4.08. The highest BCUT2D eigenvalue weighted by Gasteiger charge is 2.20. The molecule has 0 spiro atoms. The van der Waals surface area contributed by atoms with Crippen molar-refractivity contribution < 1.29 is 4.74 Å². The molecule has 2 nitrogen and oxygen atoms in total. The van der Waals surface area contributed by atoms with Gasteiger partial charge in [-0.15, -0.1) is 0 Å². The Hall–Kier alpha value is -0.0800. The Bertz CT molecular complexity index is 59.1. The average molecular weight is 100 g/mol. The molecule has 0 aromatic heterocycles. The van der Waals surface area contributed by atoms with Crippen LogP contribution in [0.3, 0.4) is 0 Å². The first-order chi connectivity index (χ1) is 3.30. The summed E-state index contributed by atoms with van der Waals surface area (Å²) < 4.78 is 4.92. The number of nitrogens with zero attached hydrogens (tertiary/aromatic N) is 1. The van der Waals surface area contributed by atoms with Gasteiger partial charge in [-0.2, -0.15) is 0 Å². The second-order valence-corrected chi connectivity index (χ2v) is 1.95. The summed E-state index contributed by atoms with van der Waals surface area (Å²) in [5, 5.41) is 0. The van der Waals surface area contributed by atoms with E-state index in [2.05, 4.69) is 4.90 Å². The molecule has 0 aromatic carbocycles. The molecule has 1 aliphatic heterocycles. The molecule has 41 valence electrons. The molecule has 0 N–H and O–H groups in total. The van der Waals surface area contributed by atoms with Gasteiger partial charge in [0.05, 0.1) is 19.3 Å². The van der Waals surface area contributed by atoms with Crippen LogP contribution in [0.1, 0.15) is 0 Å². The Balaban J connectivity index is 2.14. The summed E-state index contributed by atoms with van der Waals surface area (Å²) >= 11 is 0. The predicted molar refractivity (Wildman–Crippen MR) is 27.7 cm³/mol. The zero-order chi connectivity index (χ0) is 5.28. The molecule has 0 amide bonds. The second kappa shape index (κ2) is 1.80. The lowest BCUT2D eigenvalue weighted by Crippen LogP contribution is -2.36. The van der Waals surface area contributed by atoms with Gasteiger partial charge >= 0.3 is 0 Å². The number of hydrogen-bond donors (Lipinski definition) is 0. The molecule has 0 saturated carbocycles. The van der Waals surface area contributed by atoms with Crippen LogP contribution in [0.25, 0.3) is 0 Å². The molecule has 1 aliphatic rings. The molecule has 1 fully saturated rings. The van der Waals surface area contributed by atoms with Crippen molar-refractivity contribution in [3.8, 4) is 0 Å². The van der Waals surface area contributed by atoms with Crippen molar-refractivity contribution >= 4 is 0 Å². The maximum absolute atomic E-state index is 4.92. The molecular weight excluding hydrogens is 90.1 g/mol. The average Bonchev–Trinajstić information content (AvgIpc) is 1.23. The van der Waals surface area contributed by atoms with E-state index in [1.807, 2.05) is 14.1 Å². The van der Waals surface area contributed by atoms with Gasteiger partial charge in [0.1, 0.15) is 0 Å². The fourth-order valence-corrected chi connectivity index (χ4v) is 0.452. The van der Waals surface area contributed by atoms with Gasteiger partial charge in [-0.1, -0.05) is 0 Å². The Kier molecular flexibility index (Phi) is 1.30. The third-order valence-electron chi connectivity index (χ3n) is 1.17. The Morgan fingerprint density at radius 2 is 2.00 bits per heavy atom. The zero-order valence-corrected chi connectivity index (χ0v) is 4.77. The molecule has 1 heterocycles. The fraction of sp³-hybridized carbons (Fsp3) is 0.800. The summed E-state index contributed by atoms with van der Waals surface area (Å²) in [5.74, 6) is 0. The van der Waals surface area contributed by atoms with Crippen LogP contribution in [0.2, 0.25) is 0 Å². The van der Waals surface area contributed by atoms with E-state index >= 15 is 0 Å². The van der Waals surface area contributed by atoms with Gasteiger partial charge < -0.3 is 4.74 Å². The first-order valence-electron chi connectivity index (χ1n) is 2.40. The molecule has 0 atom stereocenters. The van der Waals surface area contributed by atoms with Crippen molar-refractivity contribution in [2.24, 2.45) is 0 Å². The van der Waals surface area contributed by atoms with E-state index in [0.717, 1.165) is 13.2 Å². The van der Waals surface area contributed by atoms with Gasteiger partial charge in [-0.25, -0.2) is 0 Å². The SMILES string of the molecule is CN(C)[C]1COC1. The van der Waals surface area contributed by atoms with Crippen molar-refractivity contribution in [3.05, 3.63) is 6.04 Å². The largest absolute Gasteiger partial charge is 0.377 e. The monoisotopic (exact) mass is 100 g/mol. The number of hydrogen-bond acceptors (Lipinski definition) is 2.